The Bertz CT molecular complexity index is 533. The first-order valence-electron chi connectivity index (χ1n) is 7.86. The van der Waals surface area contributed by atoms with E-state index in [1.165, 1.54) is 4.90 Å². The monoisotopic (exact) mass is 332 g/mol. The third kappa shape index (κ3) is 5.47. The molecule has 1 fully saturated rings. The first-order valence-corrected chi connectivity index (χ1v) is 7.86. The van der Waals surface area contributed by atoms with Gasteiger partial charge in [-0.1, -0.05) is 12.2 Å². The molecule has 7 heteroatoms. The van der Waals surface area contributed by atoms with Gasteiger partial charge in [0.2, 0.25) is 0 Å². The second-order valence-electron chi connectivity index (χ2n) is 5.16. The highest BCUT2D eigenvalue weighted by Gasteiger charge is 2.22. The van der Waals surface area contributed by atoms with Gasteiger partial charge in [-0.05, 0) is 6.92 Å². The van der Waals surface area contributed by atoms with Gasteiger partial charge in [-0.25, -0.2) is 4.79 Å². The van der Waals surface area contributed by atoms with Crippen LogP contribution in [0.2, 0.25) is 0 Å². The normalized spacial score (nSPS) is 14.6. The van der Waals surface area contributed by atoms with Crippen molar-refractivity contribution < 1.29 is 14.3 Å². The number of carbonyl (C=O) groups excluding carboxylic acids is 2. The van der Waals surface area contributed by atoms with Crippen LogP contribution < -0.4 is 0 Å². The fourth-order valence-electron chi connectivity index (χ4n) is 2.29. The zero-order valence-electron chi connectivity index (χ0n) is 14.1. The Morgan fingerprint density at radius 1 is 1.21 bits per heavy atom. The van der Waals surface area contributed by atoms with E-state index in [9.17, 15) is 14.9 Å². The van der Waals surface area contributed by atoms with Gasteiger partial charge < -0.3 is 19.4 Å². The smallest absolute Gasteiger partial charge is 0.409 e. The Morgan fingerprint density at radius 2 is 1.79 bits per heavy atom. The molecule has 24 heavy (non-hydrogen) atoms. The molecule has 0 aromatic rings. The Hall–Kier alpha value is -2.75. The lowest BCUT2D eigenvalue weighted by atomic mass is 10.2. The molecule has 1 rings (SSSR count). The van der Waals surface area contributed by atoms with Crippen molar-refractivity contribution >= 4 is 12.0 Å². The van der Waals surface area contributed by atoms with E-state index in [0.717, 1.165) is 0 Å². The Labute approximate surface area is 143 Å². The van der Waals surface area contributed by atoms with Crippen LogP contribution in [0.5, 0.6) is 0 Å². The highest BCUT2D eigenvalue weighted by molar-refractivity contribution is 5.97. The van der Waals surface area contributed by atoms with E-state index in [0.29, 0.717) is 45.9 Å². The van der Waals surface area contributed by atoms with Crippen LogP contribution in [0.4, 0.5) is 4.79 Å². The minimum Gasteiger partial charge on any atom is -0.450 e. The van der Waals surface area contributed by atoms with Crippen LogP contribution in [0.1, 0.15) is 6.92 Å². The summed E-state index contributed by atoms with van der Waals surface area (Å²) < 4.78 is 4.96. The standard InChI is InChI=1S/C17H24N4O3/c1-4-7-20(8-5-2)16(22)15(13-18)14-19-9-11-21(12-10-19)17(23)24-6-3/h4-5,14H,1-2,6-12H2,3H3/b15-14-. The van der Waals surface area contributed by atoms with Gasteiger partial charge in [0.1, 0.15) is 11.6 Å². The third-order valence-corrected chi connectivity index (χ3v) is 3.49. The fraction of sp³-hybridized carbons (Fsp3) is 0.471. The molecule has 130 valence electrons. The summed E-state index contributed by atoms with van der Waals surface area (Å²) >= 11 is 0. The predicted octanol–water partition coefficient (Wildman–Crippen LogP) is 1.37. The molecule has 2 amide bonds. The number of piperazine rings is 1. The molecule has 0 N–H and O–H groups in total. The lowest BCUT2D eigenvalue weighted by Gasteiger charge is -2.33. The molecule has 1 heterocycles. The van der Waals surface area contributed by atoms with Crippen molar-refractivity contribution in [2.45, 2.75) is 6.92 Å². The topological polar surface area (TPSA) is 76.9 Å². The molecule has 1 aliphatic heterocycles. The van der Waals surface area contributed by atoms with Crippen molar-refractivity contribution in [3.63, 3.8) is 0 Å². The van der Waals surface area contributed by atoms with Crippen molar-refractivity contribution in [3.8, 4) is 6.07 Å². The maximum atomic E-state index is 12.4. The minimum atomic E-state index is -0.356. The average Bonchev–Trinajstić information content (AvgIpc) is 2.59. The highest BCUT2D eigenvalue weighted by Crippen LogP contribution is 2.09. The van der Waals surface area contributed by atoms with Gasteiger partial charge in [-0.15, -0.1) is 13.2 Å². The second kappa shape index (κ2) is 10.1. The lowest BCUT2D eigenvalue weighted by Crippen LogP contribution is -2.47. The molecular weight excluding hydrogens is 308 g/mol. The number of nitriles is 1. The second-order valence-corrected chi connectivity index (χ2v) is 5.16. The van der Waals surface area contributed by atoms with Crippen molar-refractivity contribution in [2.24, 2.45) is 0 Å². The molecule has 0 aromatic carbocycles. The third-order valence-electron chi connectivity index (χ3n) is 3.49. The molecule has 0 bridgehead atoms. The summed E-state index contributed by atoms with van der Waals surface area (Å²) in [5.41, 5.74) is 0.0586. The van der Waals surface area contributed by atoms with Crippen LogP contribution in [0.3, 0.4) is 0 Å². The van der Waals surface area contributed by atoms with Gasteiger partial charge in [-0.2, -0.15) is 5.26 Å². The summed E-state index contributed by atoms with van der Waals surface area (Å²) in [6.07, 6.45) is 4.44. The maximum absolute atomic E-state index is 12.4. The number of amides is 2. The molecule has 1 aliphatic rings. The molecule has 1 saturated heterocycles. The van der Waals surface area contributed by atoms with Gasteiger partial charge in [0, 0.05) is 45.5 Å². The minimum absolute atomic E-state index is 0.0586. The average molecular weight is 332 g/mol. The van der Waals surface area contributed by atoms with E-state index >= 15 is 0 Å². The zero-order valence-corrected chi connectivity index (χ0v) is 14.1. The van der Waals surface area contributed by atoms with Gasteiger partial charge in [0.25, 0.3) is 5.91 Å². The van der Waals surface area contributed by atoms with E-state index in [1.54, 1.807) is 30.2 Å². The van der Waals surface area contributed by atoms with Gasteiger partial charge in [0.15, 0.2) is 0 Å². The van der Waals surface area contributed by atoms with Crippen LogP contribution in [0.15, 0.2) is 37.1 Å². The Morgan fingerprint density at radius 3 is 2.25 bits per heavy atom. The summed E-state index contributed by atoms with van der Waals surface area (Å²) in [5, 5.41) is 9.29. The largest absolute Gasteiger partial charge is 0.450 e. The summed E-state index contributed by atoms with van der Waals surface area (Å²) in [4.78, 5) is 29.0. The summed E-state index contributed by atoms with van der Waals surface area (Å²) in [6.45, 7) is 12.1. The van der Waals surface area contributed by atoms with Crippen molar-refractivity contribution in [2.75, 3.05) is 45.9 Å². The van der Waals surface area contributed by atoms with Gasteiger partial charge in [0.05, 0.1) is 6.61 Å². The van der Waals surface area contributed by atoms with Crippen LogP contribution in [0, 0.1) is 11.3 Å². The number of hydrogen-bond acceptors (Lipinski definition) is 5. The SMILES string of the molecule is C=CCN(CC=C)C(=O)/C(C#N)=C\N1CCN(C(=O)OCC)CC1. The van der Waals surface area contributed by atoms with Gasteiger partial charge in [-0.3, -0.25) is 4.79 Å². The van der Waals surface area contributed by atoms with Crippen molar-refractivity contribution in [3.05, 3.63) is 37.1 Å². The van der Waals surface area contributed by atoms with E-state index in [-0.39, 0.29) is 17.6 Å². The molecule has 0 aromatic heterocycles. The fourth-order valence-corrected chi connectivity index (χ4v) is 2.29. The van der Waals surface area contributed by atoms with E-state index in [1.807, 2.05) is 11.0 Å². The highest BCUT2D eigenvalue weighted by atomic mass is 16.6. The molecule has 0 aliphatic carbocycles. The first kappa shape index (κ1) is 19.3. The first-order chi connectivity index (χ1) is 11.6. The van der Waals surface area contributed by atoms with Crippen LogP contribution in [0.25, 0.3) is 0 Å². The van der Waals surface area contributed by atoms with E-state index < -0.39 is 0 Å². The summed E-state index contributed by atoms with van der Waals surface area (Å²) in [6, 6.07) is 1.96. The number of ether oxygens (including phenoxy) is 1. The van der Waals surface area contributed by atoms with Crippen LogP contribution in [-0.4, -0.2) is 72.6 Å². The number of carbonyl (C=O) groups is 2. The molecule has 0 unspecified atom stereocenters. The van der Waals surface area contributed by atoms with Crippen LogP contribution in [-0.2, 0) is 9.53 Å². The molecule has 7 nitrogen and oxygen atoms in total. The summed E-state index contributed by atoms with van der Waals surface area (Å²) in [5.74, 6) is -0.356. The van der Waals surface area contributed by atoms with Crippen LogP contribution >= 0.6 is 0 Å². The summed E-state index contributed by atoms with van der Waals surface area (Å²) in [7, 11) is 0. The molecule has 0 atom stereocenters. The predicted molar refractivity (Wildman–Crippen MR) is 90.8 cm³/mol. The van der Waals surface area contributed by atoms with E-state index in [4.69, 9.17) is 4.74 Å². The van der Waals surface area contributed by atoms with Gasteiger partial charge >= 0.3 is 6.09 Å². The number of rotatable bonds is 7. The van der Waals surface area contributed by atoms with Crippen molar-refractivity contribution in [1.29, 1.82) is 5.26 Å². The number of nitrogens with zero attached hydrogens (tertiary/aromatic N) is 4. The molecule has 0 spiro atoms. The Balaban J connectivity index is 2.71. The molecule has 0 radical (unpaired) electrons. The zero-order chi connectivity index (χ0) is 17.9. The van der Waals surface area contributed by atoms with E-state index in [2.05, 4.69) is 13.2 Å². The number of hydrogen-bond donors (Lipinski definition) is 0. The molecule has 0 saturated carbocycles. The quantitative estimate of drug-likeness (QED) is 0.400. The maximum Gasteiger partial charge on any atom is 0.409 e. The molecular formula is C17H24N4O3. The van der Waals surface area contributed by atoms with Crippen molar-refractivity contribution in [1.82, 2.24) is 14.7 Å². The lowest BCUT2D eigenvalue weighted by molar-refractivity contribution is -0.125. The Kier molecular flexibility index (Phi) is 8.13.